The van der Waals surface area contributed by atoms with Crippen LogP contribution in [-0.2, 0) is 15.8 Å². The van der Waals surface area contributed by atoms with E-state index in [1.54, 1.807) is 30.3 Å². The molecule has 9 heteroatoms. The molecule has 0 radical (unpaired) electrons. The molecular weight excluding hydrogens is 398 g/mol. The molecule has 148 valence electrons. The van der Waals surface area contributed by atoms with Crippen LogP contribution in [0, 0.1) is 0 Å². The van der Waals surface area contributed by atoms with E-state index in [4.69, 9.17) is 4.42 Å². The highest BCUT2D eigenvalue weighted by Gasteiger charge is 2.22. The Kier molecular flexibility index (Phi) is 4.31. The highest BCUT2D eigenvalue weighted by molar-refractivity contribution is 7.91. The lowest BCUT2D eigenvalue weighted by molar-refractivity contribution is 0.409. The second-order valence-corrected chi connectivity index (χ2v) is 8.14. The zero-order chi connectivity index (χ0) is 20.8. The summed E-state index contributed by atoms with van der Waals surface area (Å²) in [6.07, 6.45) is 0. The number of nitrogens with one attached hydrogen (secondary N) is 1. The first-order valence-corrected chi connectivity index (χ1v) is 10.1. The highest BCUT2D eigenvalue weighted by Crippen LogP contribution is 2.41. The summed E-state index contributed by atoms with van der Waals surface area (Å²) in [5.74, 6) is -2.37. The fourth-order valence-electron chi connectivity index (χ4n) is 3.09. The fraction of sp³-hybridized carbons (Fsp3) is 0.0500. The van der Waals surface area contributed by atoms with Gasteiger partial charge in [-0.3, -0.25) is 9.52 Å². The Morgan fingerprint density at radius 3 is 2.31 bits per heavy atom. The van der Waals surface area contributed by atoms with Crippen molar-refractivity contribution in [2.24, 2.45) is 0 Å². The lowest BCUT2D eigenvalue weighted by Gasteiger charge is -2.12. The Bertz CT molecular complexity index is 1410. The molecule has 1 aromatic heterocycles. The van der Waals surface area contributed by atoms with Crippen molar-refractivity contribution in [1.82, 2.24) is 0 Å². The summed E-state index contributed by atoms with van der Waals surface area (Å²) in [6.45, 7) is 0. The molecule has 4 rings (SSSR count). The largest absolute Gasteiger partial charge is 0.507 e. The SMILES string of the molecule is O=c1c2c(O)cccc2oc2cc(NS(=O)(=O)Cc3ccccc3)c(O)c(O)c12. The molecule has 0 amide bonds. The van der Waals surface area contributed by atoms with Crippen LogP contribution in [0.2, 0.25) is 0 Å². The maximum atomic E-state index is 12.7. The van der Waals surface area contributed by atoms with Crippen molar-refractivity contribution < 1.29 is 28.2 Å². The van der Waals surface area contributed by atoms with Gasteiger partial charge in [-0.05, 0) is 17.7 Å². The van der Waals surface area contributed by atoms with Crippen LogP contribution < -0.4 is 10.2 Å². The molecule has 0 fully saturated rings. The minimum absolute atomic E-state index is 0.0469. The van der Waals surface area contributed by atoms with E-state index in [1.807, 2.05) is 0 Å². The van der Waals surface area contributed by atoms with Gasteiger partial charge >= 0.3 is 0 Å². The summed E-state index contributed by atoms with van der Waals surface area (Å²) < 4.78 is 32.7. The van der Waals surface area contributed by atoms with E-state index in [2.05, 4.69) is 4.72 Å². The average molecular weight is 413 g/mol. The number of rotatable bonds is 4. The number of fused-ring (bicyclic) bond motifs is 2. The molecule has 0 atom stereocenters. The van der Waals surface area contributed by atoms with E-state index < -0.39 is 27.0 Å². The Hall–Kier alpha value is -3.72. The maximum absolute atomic E-state index is 12.7. The summed E-state index contributed by atoms with van der Waals surface area (Å²) in [6, 6.07) is 13.7. The number of benzene rings is 3. The van der Waals surface area contributed by atoms with Gasteiger partial charge in [0.2, 0.25) is 15.5 Å². The van der Waals surface area contributed by atoms with Gasteiger partial charge in [-0.15, -0.1) is 0 Å². The van der Waals surface area contributed by atoms with Crippen molar-refractivity contribution in [2.75, 3.05) is 4.72 Å². The molecule has 0 saturated carbocycles. The minimum Gasteiger partial charge on any atom is -0.507 e. The fourth-order valence-corrected chi connectivity index (χ4v) is 4.28. The topological polar surface area (TPSA) is 137 Å². The Labute approximate surface area is 164 Å². The first-order valence-electron chi connectivity index (χ1n) is 8.44. The van der Waals surface area contributed by atoms with E-state index in [0.717, 1.165) is 6.07 Å². The molecule has 29 heavy (non-hydrogen) atoms. The number of phenolic OH excluding ortho intramolecular Hbond substituents is 3. The van der Waals surface area contributed by atoms with E-state index in [0.29, 0.717) is 5.56 Å². The predicted octanol–water partition coefficient (Wildman–Crippen LogP) is 3.00. The third-order valence-electron chi connectivity index (χ3n) is 4.38. The van der Waals surface area contributed by atoms with Gasteiger partial charge in [0, 0.05) is 6.07 Å². The smallest absolute Gasteiger partial charge is 0.237 e. The molecule has 0 aliphatic rings. The van der Waals surface area contributed by atoms with Crippen LogP contribution in [-0.4, -0.2) is 23.7 Å². The molecule has 3 aromatic carbocycles. The quantitative estimate of drug-likeness (QED) is 0.298. The monoisotopic (exact) mass is 413 g/mol. The van der Waals surface area contributed by atoms with Crippen molar-refractivity contribution in [3.8, 4) is 17.2 Å². The van der Waals surface area contributed by atoms with Crippen LogP contribution in [0.1, 0.15) is 5.56 Å². The molecule has 4 N–H and O–H groups in total. The lowest BCUT2D eigenvalue weighted by atomic mass is 10.1. The number of aromatic hydroxyl groups is 3. The summed E-state index contributed by atoms with van der Waals surface area (Å²) >= 11 is 0. The van der Waals surface area contributed by atoms with Crippen molar-refractivity contribution in [2.45, 2.75) is 5.75 Å². The third kappa shape index (κ3) is 3.32. The maximum Gasteiger partial charge on any atom is 0.237 e. The van der Waals surface area contributed by atoms with Gasteiger partial charge in [0.15, 0.2) is 11.5 Å². The van der Waals surface area contributed by atoms with Crippen molar-refractivity contribution in [1.29, 1.82) is 0 Å². The third-order valence-corrected chi connectivity index (χ3v) is 5.63. The number of sulfonamides is 1. The summed E-state index contributed by atoms with van der Waals surface area (Å²) in [7, 11) is -3.94. The van der Waals surface area contributed by atoms with Gasteiger partial charge < -0.3 is 19.7 Å². The van der Waals surface area contributed by atoms with Crippen LogP contribution in [0.25, 0.3) is 21.9 Å². The number of phenols is 3. The predicted molar refractivity (Wildman–Crippen MR) is 108 cm³/mol. The van der Waals surface area contributed by atoms with Gasteiger partial charge in [0.25, 0.3) is 0 Å². The van der Waals surface area contributed by atoms with Crippen LogP contribution in [0.3, 0.4) is 0 Å². The Morgan fingerprint density at radius 1 is 0.862 bits per heavy atom. The van der Waals surface area contributed by atoms with Crippen LogP contribution in [0.5, 0.6) is 17.2 Å². The second-order valence-electron chi connectivity index (χ2n) is 6.42. The van der Waals surface area contributed by atoms with Gasteiger partial charge in [-0.1, -0.05) is 36.4 Å². The van der Waals surface area contributed by atoms with E-state index >= 15 is 0 Å². The van der Waals surface area contributed by atoms with Gasteiger partial charge in [0.1, 0.15) is 27.7 Å². The van der Waals surface area contributed by atoms with E-state index in [-0.39, 0.29) is 39.1 Å². The molecule has 0 aliphatic heterocycles. The lowest BCUT2D eigenvalue weighted by Crippen LogP contribution is -2.15. The molecule has 0 spiro atoms. The minimum atomic E-state index is -3.94. The zero-order valence-corrected chi connectivity index (χ0v) is 15.6. The highest BCUT2D eigenvalue weighted by atomic mass is 32.2. The Balaban J connectivity index is 1.85. The zero-order valence-electron chi connectivity index (χ0n) is 14.8. The second kappa shape index (κ2) is 6.71. The number of anilines is 1. The summed E-state index contributed by atoms with van der Waals surface area (Å²) in [5, 5.41) is 30.0. The molecule has 0 bridgehead atoms. The molecule has 0 saturated heterocycles. The molecular formula is C20H15NO7S. The first-order chi connectivity index (χ1) is 13.8. The molecule has 4 aromatic rings. The normalized spacial score (nSPS) is 11.7. The molecule has 1 heterocycles. The Morgan fingerprint density at radius 2 is 1.59 bits per heavy atom. The van der Waals surface area contributed by atoms with E-state index in [9.17, 15) is 28.5 Å². The van der Waals surface area contributed by atoms with Gasteiger partial charge in [-0.2, -0.15) is 0 Å². The van der Waals surface area contributed by atoms with Gasteiger partial charge in [-0.25, -0.2) is 8.42 Å². The van der Waals surface area contributed by atoms with Crippen LogP contribution in [0.4, 0.5) is 5.69 Å². The average Bonchev–Trinajstić information content (AvgIpc) is 2.66. The van der Waals surface area contributed by atoms with Crippen molar-refractivity contribution in [3.63, 3.8) is 0 Å². The standard InChI is InChI=1S/C20H15NO7S/c22-13-7-4-8-14-16(13)19(24)17-15(28-14)9-12(18(23)20(17)25)21-29(26,27)10-11-5-2-1-3-6-11/h1-9,21-23,25H,10H2. The number of hydrogen-bond donors (Lipinski definition) is 4. The molecule has 8 nitrogen and oxygen atoms in total. The van der Waals surface area contributed by atoms with Crippen molar-refractivity contribution >= 4 is 37.6 Å². The molecule has 0 unspecified atom stereocenters. The van der Waals surface area contributed by atoms with Crippen molar-refractivity contribution in [3.05, 3.63) is 70.4 Å². The van der Waals surface area contributed by atoms with E-state index in [1.165, 1.54) is 18.2 Å². The van der Waals surface area contributed by atoms with Gasteiger partial charge in [0.05, 0.1) is 11.4 Å². The molecule has 0 aliphatic carbocycles. The summed E-state index contributed by atoms with van der Waals surface area (Å²) in [5.41, 5.74) is -0.677. The number of hydrogen-bond acceptors (Lipinski definition) is 7. The summed E-state index contributed by atoms with van der Waals surface area (Å²) in [4.78, 5) is 12.7. The van der Waals surface area contributed by atoms with Crippen LogP contribution in [0.15, 0.2) is 63.8 Å². The van der Waals surface area contributed by atoms with Crippen LogP contribution >= 0.6 is 0 Å². The first kappa shape index (κ1) is 18.6.